The highest BCUT2D eigenvalue weighted by atomic mass is 16.5. The van der Waals surface area contributed by atoms with Crippen LogP contribution in [-0.4, -0.2) is 24.4 Å². The van der Waals surface area contributed by atoms with Crippen molar-refractivity contribution in [3.63, 3.8) is 0 Å². The van der Waals surface area contributed by atoms with Crippen LogP contribution < -0.4 is 0 Å². The lowest BCUT2D eigenvalue weighted by Gasteiger charge is -2.23. The summed E-state index contributed by atoms with van der Waals surface area (Å²) in [4.78, 5) is 0. The Balaban J connectivity index is 1.86. The molecular formula is C18H24O2. The zero-order valence-electron chi connectivity index (χ0n) is 12.2. The Hall–Kier alpha value is -1.30. The molecule has 3 atom stereocenters. The van der Waals surface area contributed by atoms with Crippen molar-refractivity contribution in [1.82, 2.24) is 0 Å². The van der Waals surface area contributed by atoms with Gasteiger partial charge in [-0.3, -0.25) is 0 Å². The van der Waals surface area contributed by atoms with Crippen molar-refractivity contribution in [2.24, 2.45) is 5.92 Å². The number of rotatable bonds is 4. The highest BCUT2D eigenvalue weighted by Crippen LogP contribution is 2.23. The zero-order valence-corrected chi connectivity index (χ0v) is 12.2. The summed E-state index contributed by atoms with van der Waals surface area (Å²) in [5, 5.41) is 9.92. The number of ether oxygens (including phenoxy) is 1. The Morgan fingerprint density at radius 1 is 1.25 bits per heavy atom. The molecule has 1 aromatic rings. The average molecular weight is 272 g/mol. The molecule has 1 unspecified atom stereocenters. The van der Waals surface area contributed by atoms with Crippen LogP contribution in [0.4, 0.5) is 0 Å². The van der Waals surface area contributed by atoms with Gasteiger partial charge in [0.15, 0.2) is 0 Å². The maximum absolute atomic E-state index is 9.92. The van der Waals surface area contributed by atoms with E-state index in [1.807, 2.05) is 6.07 Å². The third-order valence-corrected chi connectivity index (χ3v) is 3.98. The summed E-state index contributed by atoms with van der Waals surface area (Å²) in [7, 11) is 1.71. The van der Waals surface area contributed by atoms with Gasteiger partial charge in [0.25, 0.3) is 0 Å². The Morgan fingerprint density at radius 2 is 2.00 bits per heavy atom. The normalized spacial score (nSPS) is 23.7. The van der Waals surface area contributed by atoms with Crippen molar-refractivity contribution in [3.8, 4) is 11.8 Å². The van der Waals surface area contributed by atoms with Gasteiger partial charge in [0, 0.05) is 13.0 Å². The SMILES string of the molecule is COC(C#C[C@H]1CCCC[C@@H]1O)CCc1ccccc1. The quantitative estimate of drug-likeness (QED) is 0.853. The van der Waals surface area contributed by atoms with Gasteiger partial charge in [-0.25, -0.2) is 0 Å². The minimum absolute atomic E-state index is 0.0377. The first-order chi connectivity index (χ1) is 9.79. The van der Waals surface area contributed by atoms with Crippen LogP contribution in [0.1, 0.15) is 37.7 Å². The van der Waals surface area contributed by atoms with Gasteiger partial charge >= 0.3 is 0 Å². The van der Waals surface area contributed by atoms with Gasteiger partial charge in [-0.15, -0.1) is 0 Å². The molecule has 0 amide bonds. The molecule has 0 saturated heterocycles. The van der Waals surface area contributed by atoms with Crippen LogP contribution in [0.3, 0.4) is 0 Å². The van der Waals surface area contributed by atoms with Crippen LogP contribution in [0.15, 0.2) is 30.3 Å². The minimum atomic E-state index is -0.247. The van der Waals surface area contributed by atoms with Crippen molar-refractivity contribution in [1.29, 1.82) is 0 Å². The number of benzene rings is 1. The molecule has 1 aliphatic rings. The molecule has 0 aliphatic heterocycles. The number of hydrogen-bond donors (Lipinski definition) is 1. The van der Waals surface area contributed by atoms with Gasteiger partial charge in [-0.1, -0.05) is 55.0 Å². The van der Waals surface area contributed by atoms with E-state index in [1.165, 1.54) is 12.0 Å². The lowest BCUT2D eigenvalue weighted by atomic mass is 9.87. The van der Waals surface area contributed by atoms with E-state index >= 15 is 0 Å². The highest BCUT2D eigenvalue weighted by Gasteiger charge is 2.21. The summed E-state index contributed by atoms with van der Waals surface area (Å²) in [6.07, 6.45) is 5.80. The van der Waals surface area contributed by atoms with Crippen LogP contribution in [0.25, 0.3) is 0 Å². The molecule has 1 saturated carbocycles. The molecule has 2 rings (SSSR count). The molecule has 2 heteroatoms. The van der Waals surface area contributed by atoms with Crippen molar-refractivity contribution in [2.45, 2.75) is 50.7 Å². The lowest BCUT2D eigenvalue weighted by molar-refractivity contribution is 0.0962. The predicted octanol–water partition coefficient (Wildman–Crippen LogP) is 3.19. The molecular weight excluding hydrogens is 248 g/mol. The fourth-order valence-corrected chi connectivity index (χ4v) is 2.67. The highest BCUT2D eigenvalue weighted by molar-refractivity contribution is 5.16. The van der Waals surface area contributed by atoms with Gasteiger partial charge in [-0.2, -0.15) is 0 Å². The summed E-state index contributed by atoms with van der Waals surface area (Å²) < 4.78 is 5.44. The maximum atomic E-state index is 9.92. The molecule has 108 valence electrons. The second-order valence-corrected chi connectivity index (χ2v) is 5.50. The fourth-order valence-electron chi connectivity index (χ4n) is 2.67. The van der Waals surface area contributed by atoms with Crippen molar-refractivity contribution in [2.75, 3.05) is 7.11 Å². The van der Waals surface area contributed by atoms with E-state index < -0.39 is 0 Å². The largest absolute Gasteiger partial charge is 0.392 e. The summed E-state index contributed by atoms with van der Waals surface area (Å²) in [5.74, 6) is 6.58. The van der Waals surface area contributed by atoms with Crippen LogP contribution >= 0.6 is 0 Å². The number of aliphatic hydroxyl groups excluding tert-OH is 1. The molecule has 0 bridgehead atoms. The Labute approximate surface area is 122 Å². The monoisotopic (exact) mass is 272 g/mol. The Morgan fingerprint density at radius 3 is 2.70 bits per heavy atom. The van der Waals surface area contributed by atoms with Crippen molar-refractivity contribution >= 4 is 0 Å². The molecule has 1 N–H and O–H groups in total. The summed E-state index contributed by atoms with van der Waals surface area (Å²) in [5.41, 5.74) is 1.31. The molecule has 1 aliphatic carbocycles. The second-order valence-electron chi connectivity index (χ2n) is 5.50. The standard InChI is InChI=1S/C18H24O2/c1-20-17(13-11-15-7-3-2-4-8-15)14-12-16-9-5-6-10-18(16)19/h2-4,7-8,16-19H,5-6,9-11,13H2,1H3/t16-,17?,18+/m1/s1. The van der Waals surface area contributed by atoms with Crippen LogP contribution in [0.2, 0.25) is 0 Å². The average Bonchev–Trinajstić information content (AvgIpc) is 2.50. The number of aryl methyl sites for hydroxylation is 1. The van der Waals surface area contributed by atoms with Crippen molar-refractivity contribution in [3.05, 3.63) is 35.9 Å². The Bertz CT molecular complexity index is 443. The van der Waals surface area contributed by atoms with Crippen LogP contribution in [0, 0.1) is 17.8 Å². The van der Waals surface area contributed by atoms with E-state index in [2.05, 4.69) is 36.1 Å². The molecule has 1 aromatic carbocycles. The number of methoxy groups -OCH3 is 1. The number of hydrogen-bond acceptors (Lipinski definition) is 2. The first-order valence-electron chi connectivity index (χ1n) is 7.55. The molecule has 2 nitrogen and oxygen atoms in total. The van der Waals surface area contributed by atoms with E-state index in [-0.39, 0.29) is 18.1 Å². The first kappa shape index (κ1) is 15.1. The summed E-state index contributed by atoms with van der Waals surface area (Å²) in [6, 6.07) is 10.4. The molecule has 20 heavy (non-hydrogen) atoms. The van der Waals surface area contributed by atoms with E-state index in [0.29, 0.717) is 0 Å². The van der Waals surface area contributed by atoms with Gasteiger partial charge in [-0.05, 0) is 31.2 Å². The summed E-state index contributed by atoms with van der Waals surface area (Å²) >= 11 is 0. The molecule has 0 heterocycles. The van der Waals surface area contributed by atoms with Crippen molar-refractivity contribution < 1.29 is 9.84 Å². The van der Waals surface area contributed by atoms with Gasteiger partial charge in [0.1, 0.15) is 6.10 Å². The smallest absolute Gasteiger partial charge is 0.118 e. The van der Waals surface area contributed by atoms with E-state index in [0.717, 1.165) is 32.1 Å². The Kier molecular flexibility index (Phi) is 6.11. The van der Waals surface area contributed by atoms with E-state index in [9.17, 15) is 5.11 Å². The van der Waals surface area contributed by atoms with Gasteiger partial charge in [0.05, 0.1) is 6.10 Å². The van der Waals surface area contributed by atoms with E-state index in [4.69, 9.17) is 4.74 Å². The predicted molar refractivity (Wildman–Crippen MR) is 81.3 cm³/mol. The van der Waals surface area contributed by atoms with Crippen LogP contribution in [-0.2, 0) is 11.2 Å². The van der Waals surface area contributed by atoms with Crippen LogP contribution in [0.5, 0.6) is 0 Å². The van der Waals surface area contributed by atoms with Gasteiger partial charge in [0.2, 0.25) is 0 Å². The zero-order chi connectivity index (χ0) is 14.2. The van der Waals surface area contributed by atoms with E-state index in [1.54, 1.807) is 7.11 Å². The topological polar surface area (TPSA) is 29.5 Å². The fraction of sp³-hybridized carbons (Fsp3) is 0.556. The third kappa shape index (κ3) is 4.67. The van der Waals surface area contributed by atoms with Gasteiger partial charge < -0.3 is 9.84 Å². The molecule has 0 spiro atoms. The maximum Gasteiger partial charge on any atom is 0.118 e. The third-order valence-electron chi connectivity index (χ3n) is 3.98. The molecule has 1 fully saturated rings. The second kappa shape index (κ2) is 8.09. The number of aliphatic hydroxyl groups is 1. The lowest BCUT2D eigenvalue weighted by Crippen LogP contribution is -2.23. The first-order valence-corrected chi connectivity index (χ1v) is 7.55. The minimum Gasteiger partial charge on any atom is -0.392 e. The summed E-state index contributed by atoms with van der Waals surface area (Å²) in [6.45, 7) is 0. The molecule has 0 radical (unpaired) electrons. The molecule has 0 aromatic heterocycles.